The molecule has 0 unspecified atom stereocenters. The molecule has 0 aliphatic heterocycles. The van der Waals surface area contributed by atoms with Crippen molar-refractivity contribution in [1.82, 2.24) is 9.78 Å². The zero-order valence-corrected chi connectivity index (χ0v) is 16.1. The fourth-order valence-electron chi connectivity index (χ4n) is 4.06. The molecular weight excluding hydrogens is 308 g/mol. The van der Waals surface area contributed by atoms with Crippen molar-refractivity contribution in [3.63, 3.8) is 0 Å². The van der Waals surface area contributed by atoms with E-state index in [2.05, 4.69) is 46.8 Å². The molecule has 0 saturated carbocycles. The predicted octanol–water partition coefficient (Wildman–Crippen LogP) is 5.87. The minimum atomic E-state index is 0.109. The first kappa shape index (κ1) is 17.9. The second kappa shape index (κ2) is 7.15. The van der Waals surface area contributed by atoms with Crippen LogP contribution in [0.15, 0.2) is 30.3 Å². The molecule has 2 aromatic rings. The molecule has 0 N–H and O–H groups in total. The molecular formula is C22H30N2O. The number of carbonyl (C=O) groups is 1. The summed E-state index contributed by atoms with van der Waals surface area (Å²) in [5.41, 5.74) is 4.58. The van der Waals surface area contributed by atoms with Gasteiger partial charge in [-0.3, -0.25) is 4.79 Å². The van der Waals surface area contributed by atoms with E-state index in [4.69, 9.17) is 5.10 Å². The first-order valence-electron chi connectivity index (χ1n) is 9.61. The van der Waals surface area contributed by atoms with E-state index in [1.807, 2.05) is 18.2 Å². The lowest BCUT2D eigenvalue weighted by Gasteiger charge is -2.28. The largest absolute Gasteiger partial charge is 0.273 e. The highest BCUT2D eigenvalue weighted by molar-refractivity contribution is 5.85. The van der Waals surface area contributed by atoms with Crippen molar-refractivity contribution >= 4 is 5.91 Å². The molecule has 3 heteroatoms. The maximum Gasteiger partial charge on any atom is 0.247 e. The summed E-state index contributed by atoms with van der Waals surface area (Å²) in [5, 5.41) is 4.90. The molecule has 0 amide bonds. The molecule has 25 heavy (non-hydrogen) atoms. The number of nitrogens with zero attached hydrogens (tertiary/aromatic N) is 2. The van der Waals surface area contributed by atoms with Gasteiger partial charge < -0.3 is 0 Å². The first-order valence-corrected chi connectivity index (χ1v) is 9.61. The van der Waals surface area contributed by atoms with E-state index < -0.39 is 0 Å². The van der Waals surface area contributed by atoms with Crippen LogP contribution in [-0.2, 0) is 0 Å². The Balaban J connectivity index is 2.21. The summed E-state index contributed by atoms with van der Waals surface area (Å²) in [4.78, 5) is 13.0. The van der Waals surface area contributed by atoms with Gasteiger partial charge in [0.25, 0.3) is 0 Å². The van der Waals surface area contributed by atoms with E-state index in [-0.39, 0.29) is 5.91 Å². The van der Waals surface area contributed by atoms with Crippen molar-refractivity contribution < 1.29 is 4.79 Å². The van der Waals surface area contributed by atoms with E-state index in [0.717, 1.165) is 23.4 Å². The Labute approximate surface area is 151 Å². The molecule has 1 aliphatic carbocycles. The second-order valence-electron chi connectivity index (χ2n) is 8.25. The molecule has 1 aliphatic rings. The number of rotatable bonds is 4. The molecule has 3 nitrogen and oxygen atoms in total. The van der Waals surface area contributed by atoms with Crippen LogP contribution in [0, 0.1) is 11.8 Å². The average molecular weight is 338 g/mol. The SMILES string of the molecule is CC(C)CC(=O)n1nc2c(c1-c1ccccc1)[C@H](C)CC[C@H]2C(C)C. The van der Waals surface area contributed by atoms with Crippen molar-refractivity contribution in [2.75, 3.05) is 0 Å². The van der Waals surface area contributed by atoms with E-state index in [1.54, 1.807) is 4.68 Å². The van der Waals surface area contributed by atoms with Gasteiger partial charge in [0.2, 0.25) is 5.91 Å². The van der Waals surface area contributed by atoms with Gasteiger partial charge in [0.05, 0.1) is 11.4 Å². The predicted molar refractivity (Wildman–Crippen MR) is 103 cm³/mol. The molecule has 2 atom stereocenters. The van der Waals surface area contributed by atoms with Crippen molar-refractivity contribution in [3.05, 3.63) is 41.6 Å². The Kier molecular flexibility index (Phi) is 5.12. The number of carbonyl (C=O) groups excluding carboxylic acids is 1. The highest BCUT2D eigenvalue weighted by atomic mass is 16.2. The summed E-state index contributed by atoms with van der Waals surface area (Å²) in [6, 6.07) is 10.3. The van der Waals surface area contributed by atoms with Gasteiger partial charge in [0.1, 0.15) is 0 Å². The normalized spacial score (nSPS) is 20.1. The molecule has 0 saturated heterocycles. The zero-order valence-electron chi connectivity index (χ0n) is 16.1. The lowest BCUT2D eigenvalue weighted by atomic mass is 9.75. The number of hydrogen-bond donors (Lipinski definition) is 0. The van der Waals surface area contributed by atoms with Crippen LogP contribution in [0.2, 0.25) is 0 Å². The van der Waals surface area contributed by atoms with Crippen molar-refractivity contribution in [2.45, 2.75) is 65.7 Å². The number of hydrogen-bond acceptors (Lipinski definition) is 2. The monoisotopic (exact) mass is 338 g/mol. The molecule has 0 radical (unpaired) electrons. The summed E-state index contributed by atoms with van der Waals surface area (Å²) in [7, 11) is 0. The Morgan fingerprint density at radius 3 is 2.44 bits per heavy atom. The van der Waals surface area contributed by atoms with Crippen LogP contribution in [0.4, 0.5) is 0 Å². The zero-order chi connectivity index (χ0) is 18.1. The Morgan fingerprint density at radius 2 is 1.84 bits per heavy atom. The van der Waals surface area contributed by atoms with Crippen LogP contribution < -0.4 is 0 Å². The van der Waals surface area contributed by atoms with Gasteiger partial charge in [-0.1, -0.05) is 65.0 Å². The number of aromatic nitrogens is 2. The highest BCUT2D eigenvalue weighted by Gasteiger charge is 2.35. The van der Waals surface area contributed by atoms with Crippen molar-refractivity contribution in [3.8, 4) is 11.3 Å². The van der Waals surface area contributed by atoms with E-state index >= 15 is 0 Å². The van der Waals surface area contributed by atoms with Gasteiger partial charge in [-0.15, -0.1) is 0 Å². The third-order valence-corrected chi connectivity index (χ3v) is 5.38. The molecule has 1 aromatic heterocycles. The fraction of sp³-hybridized carbons (Fsp3) is 0.545. The summed E-state index contributed by atoms with van der Waals surface area (Å²) in [5.74, 6) is 1.87. The maximum atomic E-state index is 13.0. The van der Waals surface area contributed by atoms with Crippen molar-refractivity contribution in [1.29, 1.82) is 0 Å². The summed E-state index contributed by atoms with van der Waals surface area (Å²) in [6.45, 7) is 11.0. The Hall–Kier alpha value is -1.90. The Bertz CT molecular complexity index is 743. The average Bonchev–Trinajstić information content (AvgIpc) is 2.96. The van der Waals surface area contributed by atoms with Crippen LogP contribution in [0.1, 0.15) is 81.8 Å². The highest BCUT2D eigenvalue weighted by Crippen LogP contribution is 2.45. The van der Waals surface area contributed by atoms with E-state index in [0.29, 0.717) is 30.1 Å². The number of fused-ring (bicyclic) bond motifs is 1. The summed E-state index contributed by atoms with van der Waals surface area (Å²) >= 11 is 0. The van der Waals surface area contributed by atoms with Gasteiger partial charge in [-0.25, -0.2) is 0 Å². The lowest BCUT2D eigenvalue weighted by molar-refractivity contribution is 0.0872. The Morgan fingerprint density at radius 1 is 1.16 bits per heavy atom. The van der Waals surface area contributed by atoms with Crippen LogP contribution in [0.25, 0.3) is 11.3 Å². The smallest absolute Gasteiger partial charge is 0.247 e. The minimum Gasteiger partial charge on any atom is -0.273 e. The molecule has 0 bridgehead atoms. The summed E-state index contributed by atoms with van der Waals surface area (Å²) in [6.07, 6.45) is 2.86. The van der Waals surface area contributed by atoms with Crippen LogP contribution in [0.5, 0.6) is 0 Å². The molecule has 134 valence electrons. The van der Waals surface area contributed by atoms with Gasteiger partial charge >= 0.3 is 0 Å². The number of benzene rings is 1. The molecule has 1 heterocycles. The minimum absolute atomic E-state index is 0.109. The molecule has 1 aromatic carbocycles. The van der Waals surface area contributed by atoms with Crippen LogP contribution in [0.3, 0.4) is 0 Å². The van der Waals surface area contributed by atoms with Gasteiger partial charge in [0.15, 0.2) is 0 Å². The molecule has 3 rings (SSSR count). The van der Waals surface area contributed by atoms with Crippen molar-refractivity contribution in [2.24, 2.45) is 11.8 Å². The molecule has 0 fully saturated rings. The lowest BCUT2D eigenvalue weighted by Crippen LogP contribution is -2.17. The van der Waals surface area contributed by atoms with Crippen LogP contribution >= 0.6 is 0 Å². The maximum absolute atomic E-state index is 13.0. The third kappa shape index (κ3) is 3.42. The molecule has 0 spiro atoms. The van der Waals surface area contributed by atoms with Gasteiger partial charge in [0, 0.05) is 23.5 Å². The van der Waals surface area contributed by atoms with Gasteiger partial charge in [-0.05, 0) is 30.6 Å². The fourth-order valence-corrected chi connectivity index (χ4v) is 4.06. The standard InChI is InChI=1S/C22H30N2O/c1-14(2)13-19(25)24-22(17-9-7-6-8-10-17)20-16(5)11-12-18(15(3)4)21(20)23-24/h6-10,14-16,18H,11-13H2,1-5H3/t16-,18+/m1/s1. The second-order valence-corrected chi connectivity index (χ2v) is 8.25. The van der Waals surface area contributed by atoms with E-state index in [9.17, 15) is 4.79 Å². The van der Waals surface area contributed by atoms with Gasteiger partial charge in [-0.2, -0.15) is 9.78 Å². The third-order valence-electron chi connectivity index (χ3n) is 5.38. The van der Waals surface area contributed by atoms with Crippen LogP contribution in [-0.4, -0.2) is 15.7 Å². The summed E-state index contributed by atoms with van der Waals surface area (Å²) < 4.78 is 1.72. The van der Waals surface area contributed by atoms with E-state index in [1.165, 1.54) is 12.0 Å². The first-order chi connectivity index (χ1) is 11.9. The topological polar surface area (TPSA) is 34.9 Å². The quantitative estimate of drug-likeness (QED) is 0.698.